The minimum absolute atomic E-state index is 0.876. The molecule has 0 spiro atoms. The second kappa shape index (κ2) is 10.6. The van der Waals surface area contributed by atoms with Crippen LogP contribution in [0.25, 0.3) is 80.4 Å². The monoisotopic (exact) mass is 656 g/mol. The zero-order valence-electron chi connectivity index (χ0n) is 26.9. The van der Waals surface area contributed by atoms with Crippen LogP contribution in [-0.4, -0.2) is 4.57 Å². The van der Waals surface area contributed by atoms with Gasteiger partial charge < -0.3 is 13.9 Å². The van der Waals surface area contributed by atoms with Gasteiger partial charge in [0.15, 0.2) is 5.58 Å². The van der Waals surface area contributed by atoms with E-state index in [0.717, 1.165) is 44.7 Å². The van der Waals surface area contributed by atoms with Crippen molar-refractivity contribution in [2.75, 3.05) is 4.90 Å². The average molecular weight is 657 g/mol. The molecule has 11 rings (SSSR count). The molecular formula is C46H28N2OS. The first-order valence-electron chi connectivity index (χ1n) is 16.9. The number of furan rings is 1. The standard InChI is InChI=1S/C46H28N2OS/c1-2-14-31(15-3-1)47-38-19-8-6-16-33(38)36-28-32(24-25-39(36)47)48(40-20-11-23-44-45(40)35-17-7-9-22-43(35)50-44)41-21-10-18-34-37-26-29-12-4-5-13-30(29)27-42(37)49-46(34)41/h1-28H. The van der Waals surface area contributed by atoms with E-state index in [1.807, 2.05) is 11.3 Å². The van der Waals surface area contributed by atoms with Crippen LogP contribution in [0.5, 0.6) is 0 Å². The average Bonchev–Trinajstić information content (AvgIpc) is 3.84. The zero-order chi connectivity index (χ0) is 32.8. The van der Waals surface area contributed by atoms with Gasteiger partial charge in [0.2, 0.25) is 0 Å². The lowest BCUT2D eigenvalue weighted by molar-refractivity contribution is 0.669. The summed E-state index contributed by atoms with van der Waals surface area (Å²) in [7, 11) is 0. The van der Waals surface area contributed by atoms with Crippen LogP contribution in [-0.2, 0) is 0 Å². The van der Waals surface area contributed by atoms with Gasteiger partial charge in [0, 0.05) is 53.1 Å². The van der Waals surface area contributed by atoms with Crippen LogP contribution in [0, 0.1) is 0 Å². The number of hydrogen-bond donors (Lipinski definition) is 0. The Morgan fingerprint density at radius 3 is 2.04 bits per heavy atom. The molecule has 234 valence electrons. The number of para-hydroxylation sites is 3. The third-order valence-electron chi connectivity index (χ3n) is 10.1. The highest BCUT2D eigenvalue weighted by Gasteiger charge is 2.24. The quantitative estimate of drug-likeness (QED) is 0.188. The van der Waals surface area contributed by atoms with Crippen LogP contribution in [0.3, 0.4) is 0 Å². The number of hydrogen-bond acceptors (Lipinski definition) is 3. The van der Waals surface area contributed by atoms with Crippen molar-refractivity contribution >= 4 is 103 Å². The summed E-state index contributed by atoms with van der Waals surface area (Å²) in [6, 6.07) is 61.2. The van der Waals surface area contributed by atoms with Crippen LogP contribution >= 0.6 is 11.3 Å². The summed E-state index contributed by atoms with van der Waals surface area (Å²) in [5, 5.41) is 9.56. The maximum atomic E-state index is 6.87. The maximum absolute atomic E-state index is 6.87. The van der Waals surface area contributed by atoms with E-state index in [9.17, 15) is 0 Å². The molecule has 0 fully saturated rings. The fourth-order valence-electron chi connectivity index (χ4n) is 7.95. The second-order valence-electron chi connectivity index (χ2n) is 12.9. The van der Waals surface area contributed by atoms with Gasteiger partial charge in [-0.05, 0) is 83.6 Å². The van der Waals surface area contributed by atoms with Crippen molar-refractivity contribution in [3.63, 3.8) is 0 Å². The molecule has 0 N–H and O–H groups in total. The second-order valence-corrected chi connectivity index (χ2v) is 14.0. The Bertz CT molecular complexity index is 3110. The van der Waals surface area contributed by atoms with Crippen LogP contribution < -0.4 is 4.90 Å². The number of nitrogens with zero attached hydrogens (tertiary/aromatic N) is 2. The topological polar surface area (TPSA) is 21.3 Å². The van der Waals surface area contributed by atoms with Crippen LogP contribution in [0.15, 0.2) is 174 Å². The predicted molar refractivity (Wildman–Crippen MR) is 213 cm³/mol. The lowest BCUT2D eigenvalue weighted by Crippen LogP contribution is -2.10. The third kappa shape index (κ3) is 3.97. The normalized spacial score (nSPS) is 12.0. The van der Waals surface area contributed by atoms with Gasteiger partial charge in [-0.1, -0.05) is 97.1 Å². The number of rotatable bonds is 4. The summed E-state index contributed by atoms with van der Waals surface area (Å²) in [6.07, 6.45) is 0. The first-order valence-corrected chi connectivity index (χ1v) is 17.7. The lowest BCUT2D eigenvalue weighted by atomic mass is 10.0. The van der Waals surface area contributed by atoms with Gasteiger partial charge in [-0.15, -0.1) is 11.3 Å². The summed E-state index contributed by atoms with van der Waals surface area (Å²) >= 11 is 1.84. The Labute approximate surface area is 291 Å². The van der Waals surface area contributed by atoms with Crippen LogP contribution in [0.4, 0.5) is 17.1 Å². The predicted octanol–water partition coefficient (Wildman–Crippen LogP) is 13.7. The summed E-state index contributed by atoms with van der Waals surface area (Å²) in [5.41, 5.74) is 8.50. The number of benzene rings is 8. The molecule has 0 aliphatic rings. The molecule has 0 atom stereocenters. The van der Waals surface area contributed by atoms with E-state index in [0.29, 0.717) is 0 Å². The molecular weight excluding hydrogens is 629 g/mol. The van der Waals surface area contributed by atoms with Crippen molar-refractivity contribution in [1.29, 1.82) is 0 Å². The summed E-state index contributed by atoms with van der Waals surface area (Å²) in [6.45, 7) is 0. The number of fused-ring (bicyclic) bond motifs is 10. The summed E-state index contributed by atoms with van der Waals surface area (Å²) < 4.78 is 11.8. The molecule has 0 amide bonds. The van der Waals surface area contributed by atoms with E-state index in [4.69, 9.17) is 4.42 Å². The molecule has 0 aliphatic heterocycles. The highest BCUT2D eigenvalue weighted by molar-refractivity contribution is 7.26. The molecule has 4 heteroatoms. The first kappa shape index (κ1) is 27.6. The minimum Gasteiger partial charge on any atom is -0.454 e. The Morgan fingerprint density at radius 1 is 0.460 bits per heavy atom. The van der Waals surface area contributed by atoms with E-state index in [2.05, 4.69) is 179 Å². The van der Waals surface area contributed by atoms with Crippen molar-refractivity contribution in [2.24, 2.45) is 0 Å². The SMILES string of the molecule is c1ccc(-n2c3ccccc3c3cc(N(c4cccc5c4oc4cc6ccccc6cc45)c4cccc5sc6ccccc6c45)ccc32)cc1. The van der Waals surface area contributed by atoms with Crippen LogP contribution in [0.2, 0.25) is 0 Å². The number of aromatic nitrogens is 1. The molecule has 3 aromatic heterocycles. The maximum Gasteiger partial charge on any atom is 0.159 e. The lowest BCUT2D eigenvalue weighted by Gasteiger charge is -2.26. The zero-order valence-corrected chi connectivity index (χ0v) is 27.7. The van der Waals surface area contributed by atoms with Crippen molar-refractivity contribution in [3.8, 4) is 5.69 Å². The number of thiophene rings is 1. The molecule has 0 aliphatic carbocycles. The van der Waals surface area contributed by atoms with Gasteiger partial charge in [0.25, 0.3) is 0 Å². The molecule has 3 heterocycles. The fourth-order valence-corrected chi connectivity index (χ4v) is 9.08. The van der Waals surface area contributed by atoms with E-state index >= 15 is 0 Å². The summed E-state index contributed by atoms with van der Waals surface area (Å²) in [4.78, 5) is 2.42. The van der Waals surface area contributed by atoms with Crippen molar-refractivity contribution in [3.05, 3.63) is 170 Å². The minimum atomic E-state index is 0.876. The summed E-state index contributed by atoms with van der Waals surface area (Å²) in [5.74, 6) is 0. The molecule has 11 aromatic rings. The molecule has 0 bridgehead atoms. The Kier molecular flexibility index (Phi) is 5.83. The Morgan fingerprint density at radius 2 is 1.14 bits per heavy atom. The van der Waals surface area contributed by atoms with Crippen molar-refractivity contribution in [2.45, 2.75) is 0 Å². The first-order chi connectivity index (χ1) is 24.8. The van der Waals surface area contributed by atoms with Gasteiger partial charge in [-0.3, -0.25) is 0 Å². The van der Waals surface area contributed by atoms with Gasteiger partial charge in [0.05, 0.1) is 22.4 Å². The number of anilines is 3. The van der Waals surface area contributed by atoms with Crippen molar-refractivity contribution in [1.82, 2.24) is 4.57 Å². The van der Waals surface area contributed by atoms with Crippen LogP contribution in [0.1, 0.15) is 0 Å². The van der Waals surface area contributed by atoms with Gasteiger partial charge >= 0.3 is 0 Å². The third-order valence-corrected chi connectivity index (χ3v) is 11.3. The van der Waals surface area contributed by atoms with Gasteiger partial charge in [-0.2, -0.15) is 0 Å². The van der Waals surface area contributed by atoms with Gasteiger partial charge in [0.1, 0.15) is 5.58 Å². The van der Waals surface area contributed by atoms with E-state index in [1.165, 1.54) is 52.8 Å². The molecule has 0 radical (unpaired) electrons. The van der Waals surface area contributed by atoms with E-state index < -0.39 is 0 Å². The smallest absolute Gasteiger partial charge is 0.159 e. The molecule has 3 nitrogen and oxygen atoms in total. The Hall–Kier alpha value is -6.36. The molecule has 0 unspecified atom stereocenters. The van der Waals surface area contributed by atoms with E-state index in [-0.39, 0.29) is 0 Å². The molecule has 50 heavy (non-hydrogen) atoms. The largest absolute Gasteiger partial charge is 0.454 e. The highest BCUT2D eigenvalue weighted by atomic mass is 32.1. The Balaban J connectivity index is 1.24. The molecule has 0 saturated heterocycles. The van der Waals surface area contributed by atoms with E-state index in [1.54, 1.807) is 0 Å². The van der Waals surface area contributed by atoms with Crippen molar-refractivity contribution < 1.29 is 4.42 Å². The highest BCUT2D eigenvalue weighted by Crippen LogP contribution is 2.48. The fraction of sp³-hybridized carbons (Fsp3) is 0. The van der Waals surface area contributed by atoms with Gasteiger partial charge in [-0.25, -0.2) is 0 Å². The molecule has 8 aromatic carbocycles. The molecule has 0 saturated carbocycles.